The Kier molecular flexibility index (Phi) is 6.64. The number of carboxylic acid groups (broad SMARTS) is 1. The fraction of sp³-hybridized carbons (Fsp3) is 0.591. The topological polar surface area (TPSA) is 126 Å². The van der Waals surface area contributed by atoms with Gasteiger partial charge in [0.1, 0.15) is 0 Å². The SMILES string of the molecule is CS(=O)(=O)Nc1ccc2[nH]cc(C3CCN(CC(O)C4CCN(C(=O)O)CC4)CC3)c2c1. The van der Waals surface area contributed by atoms with Crippen molar-refractivity contribution in [2.24, 2.45) is 5.92 Å². The van der Waals surface area contributed by atoms with Crippen molar-refractivity contribution in [3.8, 4) is 0 Å². The summed E-state index contributed by atoms with van der Waals surface area (Å²) >= 11 is 0. The number of nitrogens with zero attached hydrogens (tertiary/aromatic N) is 2. The molecule has 9 nitrogen and oxygen atoms in total. The van der Waals surface area contributed by atoms with Crippen molar-refractivity contribution in [3.63, 3.8) is 0 Å². The van der Waals surface area contributed by atoms with Crippen molar-refractivity contribution < 1.29 is 23.4 Å². The predicted octanol–water partition coefficient (Wildman–Crippen LogP) is 2.47. The smallest absolute Gasteiger partial charge is 0.407 e. The predicted molar refractivity (Wildman–Crippen MR) is 124 cm³/mol. The quantitative estimate of drug-likeness (QED) is 0.520. The number of piperidine rings is 2. The molecule has 2 fully saturated rings. The minimum Gasteiger partial charge on any atom is -0.465 e. The second kappa shape index (κ2) is 9.29. The van der Waals surface area contributed by atoms with E-state index in [0.29, 0.717) is 44.1 Å². The molecule has 1 aromatic heterocycles. The molecule has 2 aliphatic rings. The van der Waals surface area contributed by atoms with Crippen LogP contribution in [0, 0.1) is 5.92 Å². The summed E-state index contributed by atoms with van der Waals surface area (Å²) in [5.41, 5.74) is 2.76. The minimum absolute atomic E-state index is 0.151. The van der Waals surface area contributed by atoms with Crippen LogP contribution in [-0.4, -0.2) is 84.6 Å². The number of hydrogen-bond acceptors (Lipinski definition) is 5. The lowest BCUT2D eigenvalue weighted by molar-refractivity contribution is 0.0266. The molecule has 0 aliphatic carbocycles. The summed E-state index contributed by atoms with van der Waals surface area (Å²) in [7, 11) is -3.32. The molecule has 0 spiro atoms. The molecule has 0 radical (unpaired) electrons. The van der Waals surface area contributed by atoms with Crippen molar-refractivity contribution >= 4 is 32.7 Å². The lowest BCUT2D eigenvalue weighted by Gasteiger charge is -2.37. The van der Waals surface area contributed by atoms with Crippen LogP contribution in [0.25, 0.3) is 10.9 Å². The minimum atomic E-state index is -3.32. The third-order valence-electron chi connectivity index (χ3n) is 6.84. The summed E-state index contributed by atoms with van der Waals surface area (Å²) in [6.07, 6.45) is 5.24. The lowest BCUT2D eigenvalue weighted by atomic mass is 9.87. The van der Waals surface area contributed by atoms with Gasteiger partial charge in [0.25, 0.3) is 0 Å². The van der Waals surface area contributed by atoms with E-state index in [1.807, 2.05) is 18.3 Å². The molecule has 1 atom stereocenters. The average Bonchev–Trinajstić information content (AvgIpc) is 3.16. The number of H-pyrrole nitrogens is 1. The number of sulfonamides is 1. The molecule has 1 amide bonds. The Morgan fingerprint density at radius 2 is 1.88 bits per heavy atom. The van der Waals surface area contributed by atoms with Gasteiger partial charge >= 0.3 is 6.09 Å². The second-order valence-corrected chi connectivity index (χ2v) is 10.9. The highest BCUT2D eigenvalue weighted by molar-refractivity contribution is 7.92. The van der Waals surface area contributed by atoms with E-state index >= 15 is 0 Å². The summed E-state index contributed by atoms with van der Waals surface area (Å²) in [4.78, 5) is 18.1. The third kappa shape index (κ3) is 5.36. The van der Waals surface area contributed by atoms with Gasteiger partial charge in [0.2, 0.25) is 10.0 Å². The average molecular weight is 465 g/mol. The van der Waals surface area contributed by atoms with Gasteiger partial charge in [-0.1, -0.05) is 0 Å². The summed E-state index contributed by atoms with van der Waals surface area (Å²) in [6.45, 7) is 3.40. The Balaban J connectivity index is 1.33. The Morgan fingerprint density at radius 3 is 2.50 bits per heavy atom. The van der Waals surface area contributed by atoms with E-state index in [1.165, 1.54) is 10.5 Å². The summed E-state index contributed by atoms with van der Waals surface area (Å²) in [5.74, 6) is 0.530. The number of amides is 1. The number of aliphatic hydroxyl groups excluding tert-OH is 1. The molecule has 10 heteroatoms. The molecule has 1 unspecified atom stereocenters. The van der Waals surface area contributed by atoms with Crippen LogP contribution >= 0.6 is 0 Å². The molecule has 2 aromatic rings. The fourth-order valence-electron chi connectivity index (χ4n) is 5.07. The van der Waals surface area contributed by atoms with Crippen LogP contribution in [0.3, 0.4) is 0 Å². The van der Waals surface area contributed by atoms with Crippen LogP contribution in [-0.2, 0) is 10.0 Å². The molecular weight excluding hydrogens is 432 g/mol. The van der Waals surface area contributed by atoms with Gasteiger partial charge in [-0.3, -0.25) is 4.72 Å². The van der Waals surface area contributed by atoms with Crippen LogP contribution in [0.2, 0.25) is 0 Å². The number of aliphatic hydroxyl groups is 1. The Bertz CT molecular complexity index is 1050. The lowest BCUT2D eigenvalue weighted by Crippen LogP contribution is -2.45. The molecule has 176 valence electrons. The molecule has 0 bridgehead atoms. The van der Waals surface area contributed by atoms with E-state index in [0.717, 1.165) is 43.1 Å². The van der Waals surface area contributed by atoms with E-state index < -0.39 is 22.2 Å². The van der Waals surface area contributed by atoms with Gasteiger partial charge in [-0.25, -0.2) is 13.2 Å². The van der Waals surface area contributed by atoms with Crippen molar-refractivity contribution in [2.45, 2.75) is 37.7 Å². The number of carbonyl (C=O) groups is 1. The van der Waals surface area contributed by atoms with Crippen molar-refractivity contribution in [1.82, 2.24) is 14.8 Å². The molecular formula is C22H32N4O5S. The highest BCUT2D eigenvalue weighted by Crippen LogP contribution is 2.35. The zero-order chi connectivity index (χ0) is 22.9. The van der Waals surface area contributed by atoms with Gasteiger partial charge in [0.05, 0.1) is 12.4 Å². The summed E-state index contributed by atoms with van der Waals surface area (Å²) < 4.78 is 25.7. The van der Waals surface area contributed by atoms with Gasteiger partial charge in [-0.05, 0) is 74.4 Å². The first-order valence-corrected chi connectivity index (χ1v) is 13.1. The number of rotatable bonds is 6. The molecule has 3 heterocycles. The molecule has 2 saturated heterocycles. The highest BCUT2D eigenvalue weighted by Gasteiger charge is 2.30. The summed E-state index contributed by atoms with van der Waals surface area (Å²) in [5, 5.41) is 20.8. The number of anilines is 1. The van der Waals surface area contributed by atoms with E-state index in [9.17, 15) is 18.3 Å². The zero-order valence-electron chi connectivity index (χ0n) is 18.3. The highest BCUT2D eigenvalue weighted by atomic mass is 32.2. The van der Waals surface area contributed by atoms with Crippen LogP contribution in [0.5, 0.6) is 0 Å². The number of likely N-dealkylation sites (tertiary alicyclic amines) is 2. The summed E-state index contributed by atoms with van der Waals surface area (Å²) in [6, 6.07) is 5.55. The number of aromatic nitrogens is 1. The van der Waals surface area contributed by atoms with E-state index in [4.69, 9.17) is 5.11 Å². The van der Waals surface area contributed by atoms with Gasteiger partial charge in [0.15, 0.2) is 0 Å². The molecule has 1 aromatic carbocycles. The number of β-amino-alcohol motifs (C(OH)–C–C–N with tert-alkyl or cyclic N) is 1. The molecule has 32 heavy (non-hydrogen) atoms. The Morgan fingerprint density at radius 1 is 1.19 bits per heavy atom. The Hall–Kier alpha value is -2.30. The maximum Gasteiger partial charge on any atom is 0.407 e. The third-order valence-corrected chi connectivity index (χ3v) is 7.45. The van der Waals surface area contributed by atoms with Crippen LogP contribution < -0.4 is 4.72 Å². The van der Waals surface area contributed by atoms with Gasteiger partial charge in [-0.15, -0.1) is 0 Å². The number of nitrogens with one attached hydrogen (secondary N) is 2. The first kappa shape index (κ1) is 22.9. The van der Waals surface area contributed by atoms with Gasteiger partial charge in [0, 0.05) is 42.4 Å². The van der Waals surface area contributed by atoms with Crippen molar-refractivity contribution in [1.29, 1.82) is 0 Å². The van der Waals surface area contributed by atoms with Gasteiger partial charge in [-0.2, -0.15) is 0 Å². The second-order valence-electron chi connectivity index (χ2n) is 9.13. The molecule has 2 aliphatic heterocycles. The van der Waals surface area contributed by atoms with E-state index in [-0.39, 0.29) is 5.92 Å². The number of aromatic amines is 1. The monoisotopic (exact) mass is 464 g/mol. The molecule has 4 rings (SSSR count). The van der Waals surface area contributed by atoms with Crippen molar-refractivity contribution in [2.75, 3.05) is 43.7 Å². The largest absolute Gasteiger partial charge is 0.465 e. The van der Waals surface area contributed by atoms with Gasteiger partial charge < -0.3 is 25.0 Å². The van der Waals surface area contributed by atoms with E-state index in [1.54, 1.807) is 6.07 Å². The van der Waals surface area contributed by atoms with Crippen molar-refractivity contribution in [3.05, 3.63) is 30.0 Å². The number of hydrogen-bond donors (Lipinski definition) is 4. The van der Waals surface area contributed by atoms with Crippen LogP contribution in [0.4, 0.5) is 10.5 Å². The first-order valence-electron chi connectivity index (χ1n) is 11.2. The maximum absolute atomic E-state index is 11.6. The fourth-order valence-corrected chi connectivity index (χ4v) is 5.63. The Labute approximate surface area is 188 Å². The first-order chi connectivity index (χ1) is 15.2. The van der Waals surface area contributed by atoms with Crippen LogP contribution in [0.15, 0.2) is 24.4 Å². The van der Waals surface area contributed by atoms with Crippen LogP contribution in [0.1, 0.15) is 37.2 Å². The number of benzene rings is 1. The zero-order valence-corrected chi connectivity index (χ0v) is 19.1. The normalized spacial score (nSPS) is 20.5. The standard InChI is InChI=1S/C22H32N4O5S/c1-32(30,31)24-17-2-3-20-18(12-17)19(13-23-20)15-4-8-25(9-5-15)14-21(27)16-6-10-26(11-7-16)22(28)29/h2-3,12-13,15-16,21,23-24,27H,4-11,14H2,1H3,(H,28,29). The van der Waals surface area contributed by atoms with E-state index in [2.05, 4.69) is 14.6 Å². The number of fused-ring (bicyclic) bond motifs is 1. The maximum atomic E-state index is 11.6. The molecule has 0 saturated carbocycles. The molecule has 4 N–H and O–H groups in total.